The highest BCUT2D eigenvalue weighted by Crippen LogP contribution is 2.37. The fourth-order valence-electron chi connectivity index (χ4n) is 3.33. The lowest BCUT2D eigenvalue weighted by atomic mass is 9.91. The smallest absolute Gasteiger partial charge is 0.412 e. The van der Waals surface area contributed by atoms with Gasteiger partial charge in [-0.2, -0.15) is 0 Å². The Hall–Kier alpha value is -2.70. The van der Waals surface area contributed by atoms with E-state index in [0.29, 0.717) is 17.5 Å². The first-order valence-electron chi connectivity index (χ1n) is 9.46. The van der Waals surface area contributed by atoms with Crippen LogP contribution in [0.5, 0.6) is 5.75 Å². The topological polar surface area (TPSA) is 78.8 Å². The number of thioether (sulfide) groups is 1. The maximum Gasteiger partial charge on any atom is 0.412 e. The van der Waals surface area contributed by atoms with Crippen molar-refractivity contribution in [2.24, 2.45) is 5.92 Å². The Balaban J connectivity index is 1.88. The number of carbonyl (C=O) groups excluding carboxylic acids is 1. The van der Waals surface area contributed by atoms with Gasteiger partial charge >= 0.3 is 6.09 Å². The molecule has 0 fully saturated rings. The standard InChI is InChI=1S/C23H25NO4S/c1-15(13-14-25)22(20-11-12-21(26)19-6-4-3-5-18(19)20)28-23(27)24-16-7-9-17(29-2)10-8-16/h3-12,15,22,25-26H,13-14H2,1-2H3,(H,24,27)/t15-,22+/m0/s1. The normalized spacial score (nSPS) is 13.1. The van der Waals surface area contributed by atoms with Crippen molar-refractivity contribution in [3.05, 3.63) is 66.2 Å². The molecule has 3 rings (SSSR count). The van der Waals surface area contributed by atoms with E-state index in [9.17, 15) is 15.0 Å². The zero-order valence-corrected chi connectivity index (χ0v) is 17.3. The monoisotopic (exact) mass is 411 g/mol. The molecule has 0 heterocycles. The van der Waals surface area contributed by atoms with E-state index in [0.717, 1.165) is 15.8 Å². The van der Waals surface area contributed by atoms with Crippen molar-refractivity contribution in [3.8, 4) is 5.75 Å². The molecule has 2 atom stereocenters. The second kappa shape index (κ2) is 9.67. The minimum absolute atomic E-state index is 0.00515. The van der Waals surface area contributed by atoms with Crippen LogP contribution in [0.1, 0.15) is 25.0 Å². The van der Waals surface area contributed by atoms with Gasteiger partial charge in [-0.1, -0.05) is 37.3 Å². The van der Waals surface area contributed by atoms with Gasteiger partial charge in [0.1, 0.15) is 11.9 Å². The number of aromatic hydroxyl groups is 1. The van der Waals surface area contributed by atoms with Gasteiger partial charge in [0.25, 0.3) is 0 Å². The first-order chi connectivity index (χ1) is 14.0. The average molecular weight is 412 g/mol. The number of nitrogens with one attached hydrogen (secondary N) is 1. The van der Waals surface area contributed by atoms with Crippen molar-refractivity contribution >= 4 is 34.3 Å². The molecule has 3 aromatic carbocycles. The number of rotatable bonds is 7. The molecule has 0 bridgehead atoms. The van der Waals surface area contributed by atoms with Crippen LogP contribution >= 0.6 is 11.8 Å². The van der Waals surface area contributed by atoms with Gasteiger partial charge in [0.05, 0.1) is 0 Å². The molecule has 29 heavy (non-hydrogen) atoms. The van der Waals surface area contributed by atoms with Gasteiger partial charge in [-0.3, -0.25) is 5.32 Å². The van der Waals surface area contributed by atoms with E-state index in [4.69, 9.17) is 4.74 Å². The number of fused-ring (bicyclic) bond motifs is 1. The Morgan fingerprint density at radius 1 is 1.07 bits per heavy atom. The summed E-state index contributed by atoms with van der Waals surface area (Å²) in [4.78, 5) is 13.7. The molecule has 0 unspecified atom stereocenters. The Kier molecular flexibility index (Phi) is 7.01. The van der Waals surface area contributed by atoms with Crippen molar-refractivity contribution in [2.45, 2.75) is 24.3 Å². The summed E-state index contributed by atoms with van der Waals surface area (Å²) in [5, 5.41) is 23.9. The van der Waals surface area contributed by atoms with E-state index in [2.05, 4.69) is 5.32 Å². The lowest BCUT2D eigenvalue weighted by molar-refractivity contribution is 0.0676. The number of phenols is 1. The molecule has 5 nitrogen and oxygen atoms in total. The number of aliphatic hydroxyl groups excluding tert-OH is 1. The van der Waals surface area contributed by atoms with Gasteiger partial charge in [-0.15, -0.1) is 11.8 Å². The minimum atomic E-state index is -0.571. The fraction of sp³-hybridized carbons (Fsp3) is 0.261. The van der Waals surface area contributed by atoms with E-state index in [-0.39, 0.29) is 18.3 Å². The Morgan fingerprint density at radius 3 is 2.41 bits per heavy atom. The Bertz CT molecular complexity index is 974. The van der Waals surface area contributed by atoms with E-state index < -0.39 is 12.2 Å². The van der Waals surface area contributed by atoms with Crippen LogP contribution in [0.15, 0.2) is 65.6 Å². The molecule has 0 spiro atoms. The summed E-state index contributed by atoms with van der Waals surface area (Å²) in [7, 11) is 0. The Labute approximate surface area is 174 Å². The van der Waals surface area contributed by atoms with E-state index >= 15 is 0 Å². The van der Waals surface area contributed by atoms with Gasteiger partial charge in [-0.25, -0.2) is 4.79 Å². The number of anilines is 1. The van der Waals surface area contributed by atoms with Gasteiger partial charge in [0.2, 0.25) is 0 Å². The largest absolute Gasteiger partial charge is 0.507 e. The summed E-state index contributed by atoms with van der Waals surface area (Å²) in [5.41, 5.74) is 1.45. The third-order valence-corrected chi connectivity index (χ3v) is 5.66. The van der Waals surface area contributed by atoms with Crippen molar-refractivity contribution in [3.63, 3.8) is 0 Å². The Morgan fingerprint density at radius 2 is 1.76 bits per heavy atom. The number of aliphatic hydroxyl groups is 1. The molecule has 3 aromatic rings. The zero-order chi connectivity index (χ0) is 20.8. The molecule has 0 aliphatic heterocycles. The molecule has 0 radical (unpaired) electrons. The molecule has 152 valence electrons. The highest BCUT2D eigenvalue weighted by molar-refractivity contribution is 7.98. The molecule has 0 aromatic heterocycles. The summed E-state index contributed by atoms with van der Waals surface area (Å²) in [6.07, 6.45) is 1.34. The molecule has 1 amide bonds. The SMILES string of the molecule is CSc1ccc(NC(=O)O[C@@H](c2ccc(O)c3ccccc23)[C@@H](C)CCO)cc1. The maximum atomic E-state index is 12.6. The predicted molar refractivity (Wildman–Crippen MR) is 118 cm³/mol. The quantitative estimate of drug-likeness (QED) is 0.443. The van der Waals surface area contributed by atoms with Crippen LogP contribution in [0.4, 0.5) is 10.5 Å². The van der Waals surface area contributed by atoms with Crippen molar-refractivity contribution < 1.29 is 19.7 Å². The van der Waals surface area contributed by atoms with Gasteiger partial charge in [-0.05, 0) is 54.3 Å². The third-order valence-electron chi connectivity index (χ3n) is 4.91. The summed E-state index contributed by atoms with van der Waals surface area (Å²) in [6.45, 7) is 1.93. The molecule has 0 aliphatic carbocycles. The van der Waals surface area contributed by atoms with Gasteiger partial charge in [0, 0.05) is 28.1 Å². The van der Waals surface area contributed by atoms with Crippen molar-refractivity contribution in [1.82, 2.24) is 0 Å². The van der Waals surface area contributed by atoms with E-state index in [1.54, 1.807) is 23.9 Å². The lowest BCUT2D eigenvalue weighted by Crippen LogP contribution is -2.22. The summed E-state index contributed by atoms with van der Waals surface area (Å²) >= 11 is 1.63. The summed E-state index contributed by atoms with van der Waals surface area (Å²) < 4.78 is 5.81. The summed E-state index contributed by atoms with van der Waals surface area (Å²) in [6, 6.07) is 18.4. The highest BCUT2D eigenvalue weighted by atomic mass is 32.2. The number of phenolic OH excluding ortho intramolecular Hbond substituents is 1. The van der Waals surface area contributed by atoms with Crippen LogP contribution in [0.3, 0.4) is 0 Å². The second-order valence-corrected chi connectivity index (χ2v) is 7.77. The van der Waals surface area contributed by atoms with Crippen LogP contribution in [-0.2, 0) is 4.74 Å². The maximum absolute atomic E-state index is 12.6. The molecule has 3 N–H and O–H groups in total. The molecular weight excluding hydrogens is 386 g/mol. The third kappa shape index (κ3) is 5.02. The number of carbonyl (C=O) groups is 1. The number of benzene rings is 3. The van der Waals surface area contributed by atoms with E-state index in [1.807, 2.05) is 61.7 Å². The van der Waals surface area contributed by atoms with Crippen LogP contribution in [0.25, 0.3) is 10.8 Å². The lowest BCUT2D eigenvalue weighted by Gasteiger charge is -2.25. The number of ether oxygens (including phenoxy) is 1. The molecule has 6 heteroatoms. The molecule has 0 aliphatic rings. The average Bonchev–Trinajstić information content (AvgIpc) is 2.73. The van der Waals surface area contributed by atoms with Gasteiger partial charge < -0.3 is 14.9 Å². The number of amides is 1. The fourth-order valence-corrected chi connectivity index (χ4v) is 3.74. The van der Waals surface area contributed by atoms with Gasteiger partial charge in [0.15, 0.2) is 0 Å². The first kappa shape index (κ1) is 21.0. The van der Waals surface area contributed by atoms with Crippen LogP contribution < -0.4 is 5.32 Å². The second-order valence-electron chi connectivity index (χ2n) is 6.89. The molecule has 0 saturated heterocycles. The van der Waals surface area contributed by atoms with Crippen molar-refractivity contribution in [1.29, 1.82) is 0 Å². The van der Waals surface area contributed by atoms with Crippen LogP contribution in [-0.4, -0.2) is 29.2 Å². The molecule has 0 saturated carbocycles. The van der Waals surface area contributed by atoms with Crippen molar-refractivity contribution in [2.75, 3.05) is 18.2 Å². The van der Waals surface area contributed by atoms with E-state index in [1.165, 1.54) is 0 Å². The highest BCUT2D eigenvalue weighted by Gasteiger charge is 2.26. The predicted octanol–water partition coefficient (Wildman–Crippen LogP) is 5.58. The first-order valence-corrected chi connectivity index (χ1v) is 10.7. The van der Waals surface area contributed by atoms with Crippen LogP contribution in [0.2, 0.25) is 0 Å². The number of hydrogen-bond acceptors (Lipinski definition) is 5. The van der Waals surface area contributed by atoms with Crippen LogP contribution in [0, 0.1) is 5.92 Å². The zero-order valence-electron chi connectivity index (χ0n) is 16.5. The minimum Gasteiger partial charge on any atom is -0.507 e. The summed E-state index contributed by atoms with van der Waals surface area (Å²) in [5.74, 6) is 0.0637. The molecular formula is C23H25NO4S. The number of hydrogen-bond donors (Lipinski definition) is 3.